The third-order valence-electron chi connectivity index (χ3n) is 3.21. The van der Waals surface area contributed by atoms with E-state index in [2.05, 4.69) is 9.97 Å². The zero-order valence-corrected chi connectivity index (χ0v) is 10.4. The van der Waals surface area contributed by atoms with Gasteiger partial charge in [-0.15, -0.1) is 0 Å². The standard InChI is InChI=1S/C13H11F3N4/c14-13(15,16)9-6-18-12(19-7-9)20-4-3-8-5-10(17)1-2-11(8)20/h1-2,5-7H,3-4,17H2. The second-order valence-electron chi connectivity index (χ2n) is 4.56. The summed E-state index contributed by atoms with van der Waals surface area (Å²) in [6.45, 7) is 0.629. The Morgan fingerprint density at radius 3 is 2.50 bits per heavy atom. The van der Waals surface area contributed by atoms with Crippen LogP contribution in [0.5, 0.6) is 0 Å². The monoisotopic (exact) mass is 280 g/mol. The first-order valence-electron chi connectivity index (χ1n) is 6.00. The van der Waals surface area contributed by atoms with E-state index in [9.17, 15) is 13.2 Å². The lowest BCUT2D eigenvalue weighted by Crippen LogP contribution is -2.17. The summed E-state index contributed by atoms with van der Waals surface area (Å²) >= 11 is 0. The molecule has 1 aromatic heterocycles. The van der Waals surface area contributed by atoms with Gasteiger partial charge in [-0.05, 0) is 30.2 Å². The molecule has 1 aliphatic heterocycles. The molecule has 0 saturated carbocycles. The van der Waals surface area contributed by atoms with Gasteiger partial charge in [0.25, 0.3) is 0 Å². The van der Waals surface area contributed by atoms with Crippen LogP contribution in [0.15, 0.2) is 30.6 Å². The highest BCUT2D eigenvalue weighted by atomic mass is 19.4. The lowest BCUT2D eigenvalue weighted by Gasteiger charge is -2.17. The molecular formula is C13H11F3N4. The van der Waals surface area contributed by atoms with Crippen LogP contribution >= 0.6 is 0 Å². The van der Waals surface area contributed by atoms with E-state index in [1.165, 1.54) is 0 Å². The molecule has 104 valence electrons. The maximum absolute atomic E-state index is 12.5. The lowest BCUT2D eigenvalue weighted by molar-refractivity contribution is -0.138. The minimum Gasteiger partial charge on any atom is -0.399 e. The molecule has 0 amide bonds. The van der Waals surface area contributed by atoms with Gasteiger partial charge in [0, 0.05) is 30.3 Å². The molecule has 0 atom stereocenters. The average molecular weight is 280 g/mol. The van der Waals surface area contributed by atoms with Gasteiger partial charge in [-0.1, -0.05) is 0 Å². The van der Waals surface area contributed by atoms with Crippen molar-refractivity contribution in [2.24, 2.45) is 0 Å². The number of anilines is 3. The molecule has 0 unspecified atom stereocenters. The van der Waals surface area contributed by atoms with Crippen LogP contribution in [-0.4, -0.2) is 16.5 Å². The van der Waals surface area contributed by atoms with Crippen LogP contribution in [-0.2, 0) is 12.6 Å². The van der Waals surface area contributed by atoms with Crippen LogP contribution in [0.4, 0.5) is 30.5 Å². The van der Waals surface area contributed by atoms with E-state index in [-0.39, 0.29) is 5.95 Å². The Labute approximate surface area is 113 Å². The lowest BCUT2D eigenvalue weighted by atomic mass is 10.1. The molecule has 0 radical (unpaired) electrons. The predicted molar refractivity (Wildman–Crippen MR) is 68.6 cm³/mol. The summed E-state index contributed by atoms with van der Waals surface area (Å²) in [4.78, 5) is 9.41. The van der Waals surface area contributed by atoms with Crippen LogP contribution in [0, 0.1) is 0 Å². The smallest absolute Gasteiger partial charge is 0.399 e. The number of nitrogens with two attached hydrogens (primary N) is 1. The third kappa shape index (κ3) is 2.15. The zero-order valence-electron chi connectivity index (χ0n) is 10.4. The molecule has 2 heterocycles. The van der Waals surface area contributed by atoms with Gasteiger partial charge >= 0.3 is 6.18 Å². The summed E-state index contributed by atoms with van der Waals surface area (Å²) < 4.78 is 37.4. The van der Waals surface area contributed by atoms with E-state index in [1.54, 1.807) is 11.0 Å². The van der Waals surface area contributed by atoms with Crippen LogP contribution in [0.25, 0.3) is 0 Å². The van der Waals surface area contributed by atoms with Crippen molar-refractivity contribution < 1.29 is 13.2 Å². The van der Waals surface area contributed by atoms with Gasteiger partial charge in [-0.2, -0.15) is 13.2 Å². The number of nitrogen functional groups attached to an aromatic ring is 1. The van der Waals surface area contributed by atoms with Gasteiger partial charge in [0.1, 0.15) is 0 Å². The Balaban J connectivity index is 1.93. The van der Waals surface area contributed by atoms with E-state index in [0.717, 1.165) is 30.1 Å². The Bertz CT molecular complexity index is 637. The maximum atomic E-state index is 12.5. The van der Waals surface area contributed by atoms with Gasteiger partial charge in [0.2, 0.25) is 5.95 Å². The van der Waals surface area contributed by atoms with Gasteiger partial charge in [0.05, 0.1) is 5.56 Å². The van der Waals surface area contributed by atoms with E-state index < -0.39 is 11.7 Å². The number of benzene rings is 1. The SMILES string of the molecule is Nc1ccc2c(c1)CCN2c1ncc(C(F)(F)F)cn1. The van der Waals surface area contributed by atoms with Crippen molar-refractivity contribution in [3.05, 3.63) is 41.7 Å². The van der Waals surface area contributed by atoms with Crippen molar-refractivity contribution in [1.29, 1.82) is 0 Å². The predicted octanol–water partition coefficient (Wildman–Crippen LogP) is 2.77. The number of nitrogens with zero attached hydrogens (tertiary/aromatic N) is 3. The van der Waals surface area contributed by atoms with Crippen molar-refractivity contribution in [3.63, 3.8) is 0 Å². The Hall–Kier alpha value is -2.31. The molecule has 20 heavy (non-hydrogen) atoms. The van der Waals surface area contributed by atoms with E-state index in [1.807, 2.05) is 12.1 Å². The summed E-state index contributed by atoms with van der Waals surface area (Å²) in [6, 6.07) is 5.44. The minimum absolute atomic E-state index is 0.265. The van der Waals surface area contributed by atoms with E-state index >= 15 is 0 Å². The first-order valence-corrected chi connectivity index (χ1v) is 6.00. The fraction of sp³-hybridized carbons (Fsp3) is 0.231. The zero-order chi connectivity index (χ0) is 14.3. The van der Waals surface area contributed by atoms with Gasteiger partial charge < -0.3 is 10.6 Å². The molecule has 4 nitrogen and oxygen atoms in total. The van der Waals surface area contributed by atoms with Gasteiger partial charge in [-0.3, -0.25) is 0 Å². The first-order chi connectivity index (χ1) is 9.45. The molecule has 1 aromatic carbocycles. The number of rotatable bonds is 1. The van der Waals surface area contributed by atoms with Crippen molar-refractivity contribution in [2.45, 2.75) is 12.6 Å². The molecule has 0 aliphatic carbocycles. The Morgan fingerprint density at radius 2 is 1.85 bits per heavy atom. The summed E-state index contributed by atoms with van der Waals surface area (Å²) in [5.41, 5.74) is 7.46. The largest absolute Gasteiger partial charge is 0.419 e. The van der Waals surface area contributed by atoms with Crippen LogP contribution < -0.4 is 10.6 Å². The molecule has 1 aliphatic rings. The number of fused-ring (bicyclic) bond motifs is 1. The highest BCUT2D eigenvalue weighted by molar-refractivity contribution is 5.68. The molecule has 7 heteroatoms. The summed E-state index contributed by atoms with van der Waals surface area (Å²) in [5, 5.41) is 0. The first kappa shape index (κ1) is 12.7. The van der Waals surface area contributed by atoms with Gasteiger partial charge in [-0.25, -0.2) is 9.97 Å². The van der Waals surface area contributed by atoms with Crippen molar-refractivity contribution in [2.75, 3.05) is 17.2 Å². The second-order valence-corrected chi connectivity index (χ2v) is 4.56. The fourth-order valence-corrected chi connectivity index (χ4v) is 2.24. The van der Waals surface area contributed by atoms with Crippen LogP contribution in [0.1, 0.15) is 11.1 Å². The topological polar surface area (TPSA) is 55.0 Å². The maximum Gasteiger partial charge on any atom is 0.419 e. The van der Waals surface area contributed by atoms with E-state index in [4.69, 9.17) is 5.73 Å². The Morgan fingerprint density at radius 1 is 1.15 bits per heavy atom. The summed E-state index contributed by atoms with van der Waals surface area (Å²) in [7, 11) is 0. The van der Waals surface area contributed by atoms with Crippen molar-refractivity contribution in [3.8, 4) is 0 Å². The third-order valence-corrected chi connectivity index (χ3v) is 3.21. The molecular weight excluding hydrogens is 269 g/mol. The van der Waals surface area contributed by atoms with Gasteiger partial charge in [0.15, 0.2) is 0 Å². The molecule has 3 rings (SSSR count). The number of alkyl halides is 3. The molecule has 0 bridgehead atoms. The molecule has 0 saturated heterocycles. The normalized spacial score (nSPS) is 14.4. The van der Waals surface area contributed by atoms with Crippen LogP contribution in [0.2, 0.25) is 0 Å². The highest BCUT2D eigenvalue weighted by Gasteiger charge is 2.32. The number of halogens is 3. The molecule has 2 aromatic rings. The minimum atomic E-state index is -4.42. The number of hydrogen-bond donors (Lipinski definition) is 1. The fourth-order valence-electron chi connectivity index (χ4n) is 2.24. The highest BCUT2D eigenvalue weighted by Crippen LogP contribution is 2.34. The van der Waals surface area contributed by atoms with Crippen LogP contribution in [0.3, 0.4) is 0 Å². The molecule has 2 N–H and O–H groups in total. The Kier molecular flexibility index (Phi) is 2.77. The van der Waals surface area contributed by atoms with E-state index in [0.29, 0.717) is 12.2 Å². The molecule has 0 fully saturated rings. The quantitative estimate of drug-likeness (QED) is 0.816. The van der Waals surface area contributed by atoms with Crippen molar-refractivity contribution in [1.82, 2.24) is 9.97 Å². The number of aromatic nitrogens is 2. The summed E-state index contributed by atoms with van der Waals surface area (Å²) in [5.74, 6) is 0.265. The second kappa shape index (κ2) is 4.36. The molecule has 0 spiro atoms. The van der Waals surface area contributed by atoms with Crippen molar-refractivity contribution >= 4 is 17.3 Å². The average Bonchev–Trinajstić information content (AvgIpc) is 2.80. The summed E-state index contributed by atoms with van der Waals surface area (Å²) in [6.07, 6.45) is -2.05. The number of hydrogen-bond acceptors (Lipinski definition) is 4.